The van der Waals surface area contributed by atoms with Crippen LogP contribution in [0.5, 0.6) is 5.75 Å². The molecule has 0 saturated heterocycles. The van der Waals surface area contributed by atoms with Crippen LogP contribution in [0.3, 0.4) is 0 Å². The number of hydrogen-bond donors (Lipinski definition) is 1. The Morgan fingerprint density at radius 1 is 1.31 bits per heavy atom. The first-order valence-corrected chi connectivity index (χ1v) is 8.67. The van der Waals surface area contributed by atoms with Gasteiger partial charge in [0.15, 0.2) is 6.61 Å². The van der Waals surface area contributed by atoms with E-state index in [-0.39, 0.29) is 11.6 Å². The molecule has 0 bridgehead atoms. The summed E-state index contributed by atoms with van der Waals surface area (Å²) in [5.74, 6) is -0.608. The third-order valence-electron chi connectivity index (χ3n) is 3.45. The van der Waals surface area contributed by atoms with Crippen molar-refractivity contribution in [2.24, 2.45) is 0 Å². The zero-order valence-corrected chi connectivity index (χ0v) is 15.2. The van der Waals surface area contributed by atoms with E-state index >= 15 is 0 Å². The molecule has 7 heteroatoms. The number of nitrogens with zero attached hydrogens (tertiary/aromatic N) is 1. The standard InChI is InChI=1S/C19H18N2O4S/c1-13(17-4-3-9-26-17)21-18(22)12-25-19(23)15(11-20)10-14-5-7-16(24-2)8-6-14/h3-10,13H,12H2,1-2H3,(H,21,22)/b15-10+/t13-/m1/s1. The smallest absolute Gasteiger partial charge is 0.349 e. The van der Waals surface area contributed by atoms with Gasteiger partial charge in [0, 0.05) is 4.88 Å². The number of ether oxygens (including phenoxy) is 2. The van der Waals surface area contributed by atoms with Gasteiger partial charge in [-0.1, -0.05) is 18.2 Å². The molecule has 0 aliphatic carbocycles. The summed E-state index contributed by atoms with van der Waals surface area (Å²) in [6.07, 6.45) is 1.40. The van der Waals surface area contributed by atoms with E-state index in [1.165, 1.54) is 17.4 Å². The van der Waals surface area contributed by atoms with Gasteiger partial charge in [0.1, 0.15) is 17.4 Å². The van der Waals surface area contributed by atoms with Gasteiger partial charge in [-0.05, 0) is 42.1 Å². The van der Waals surface area contributed by atoms with Gasteiger partial charge in [-0.2, -0.15) is 5.26 Å². The minimum absolute atomic E-state index is 0.175. The maximum Gasteiger partial charge on any atom is 0.349 e. The largest absolute Gasteiger partial charge is 0.497 e. The Kier molecular flexibility index (Phi) is 6.94. The van der Waals surface area contributed by atoms with Crippen molar-refractivity contribution in [2.75, 3.05) is 13.7 Å². The minimum atomic E-state index is -0.845. The minimum Gasteiger partial charge on any atom is -0.497 e. The molecule has 0 saturated carbocycles. The fourth-order valence-corrected chi connectivity index (χ4v) is 2.84. The summed E-state index contributed by atoms with van der Waals surface area (Å²) in [6.45, 7) is 1.39. The fraction of sp³-hybridized carbons (Fsp3) is 0.211. The highest BCUT2D eigenvalue weighted by Crippen LogP contribution is 2.18. The summed E-state index contributed by atoms with van der Waals surface area (Å²) in [5, 5.41) is 13.8. The highest BCUT2D eigenvalue weighted by Gasteiger charge is 2.15. The zero-order valence-electron chi connectivity index (χ0n) is 14.4. The normalized spacial score (nSPS) is 12.0. The first-order chi connectivity index (χ1) is 12.5. The number of nitrogens with one attached hydrogen (secondary N) is 1. The van der Waals surface area contributed by atoms with Crippen LogP contribution in [-0.4, -0.2) is 25.6 Å². The number of thiophene rings is 1. The molecule has 134 valence electrons. The number of esters is 1. The quantitative estimate of drug-likeness (QED) is 0.460. The average Bonchev–Trinajstić information content (AvgIpc) is 3.19. The highest BCUT2D eigenvalue weighted by atomic mass is 32.1. The second-order valence-electron chi connectivity index (χ2n) is 5.32. The molecule has 0 fully saturated rings. The lowest BCUT2D eigenvalue weighted by Gasteiger charge is -2.12. The third-order valence-corrected chi connectivity index (χ3v) is 4.50. The van der Waals surface area contributed by atoms with Gasteiger partial charge in [-0.3, -0.25) is 4.79 Å². The number of amides is 1. The molecule has 2 aromatic rings. The Morgan fingerprint density at radius 3 is 2.62 bits per heavy atom. The van der Waals surface area contributed by atoms with Crippen LogP contribution in [0, 0.1) is 11.3 Å². The maximum absolute atomic E-state index is 12.0. The van der Waals surface area contributed by atoms with Crippen molar-refractivity contribution in [1.82, 2.24) is 5.32 Å². The van der Waals surface area contributed by atoms with Crippen molar-refractivity contribution in [2.45, 2.75) is 13.0 Å². The predicted molar refractivity (Wildman–Crippen MR) is 98.4 cm³/mol. The molecule has 0 unspecified atom stereocenters. The van der Waals surface area contributed by atoms with Crippen LogP contribution in [0.1, 0.15) is 23.4 Å². The van der Waals surface area contributed by atoms with Crippen LogP contribution in [0.4, 0.5) is 0 Å². The number of carbonyl (C=O) groups excluding carboxylic acids is 2. The summed E-state index contributed by atoms with van der Waals surface area (Å²) >= 11 is 1.53. The van der Waals surface area contributed by atoms with E-state index in [0.717, 1.165) is 4.88 Å². The van der Waals surface area contributed by atoms with E-state index in [9.17, 15) is 9.59 Å². The molecule has 6 nitrogen and oxygen atoms in total. The van der Waals surface area contributed by atoms with Crippen LogP contribution in [0.2, 0.25) is 0 Å². The molecule has 1 aromatic carbocycles. The molecule has 1 atom stereocenters. The van der Waals surface area contributed by atoms with Crippen molar-refractivity contribution in [3.8, 4) is 11.8 Å². The molecule has 0 aliphatic heterocycles. The SMILES string of the molecule is COc1ccc(/C=C(\C#N)C(=O)OCC(=O)N[C@H](C)c2cccs2)cc1. The van der Waals surface area contributed by atoms with E-state index in [1.54, 1.807) is 37.4 Å². The number of hydrogen-bond acceptors (Lipinski definition) is 6. The van der Waals surface area contributed by atoms with E-state index in [1.807, 2.05) is 24.4 Å². The van der Waals surface area contributed by atoms with E-state index in [2.05, 4.69) is 5.32 Å². The molecule has 0 aliphatic rings. The summed E-state index contributed by atoms with van der Waals surface area (Å²) < 4.78 is 9.98. The summed E-state index contributed by atoms with van der Waals surface area (Å²) in [4.78, 5) is 24.9. The van der Waals surface area contributed by atoms with Crippen molar-refractivity contribution < 1.29 is 19.1 Å². The van der Waals surface area contributed by atoms with Crippen molar-refractivity contribution in [1.29, 1.82) is 5.26 Å². The second-order valence-corrected chi connectivity index (χ2v) is 6.30. The zero-order chi connectivity index (χ0) is 18.9. The van der Waals surface area contributed by atoms with Gasteiger partial charge in [0.05, 0.1) is 13.2 Å². The number of carbonyl (C=O) groups is 2. The molecule has 1 aromatic heterocycles. The van der Waals surface area contributed by atoms with Crippen molar-refractivity contribution in [3.63, 3.8) is 0 Å². The Balaban J connectivity index is 1.91. The lowest BCUT2D eigenvalue weighted by Crippen LogP contribution is -2.30. The maximum atomic E-state index is 12.0. The Hall–Kier alpha value is -3.11. The summed E-state index contributed by atoms with van der Waals surface area (Å²) in [5.41, 5.74) is 0.462. The van der Waals surface area contributed by atoms with E-state index in [0.29, 0.717) is 11.3 Å². The van der Waals surface area contributed by atoms with Gasteiger partial charge < -0.3 is 14.8 Å². The lowest BCUT2D eigenvalue weighted by molar-refractivity contribution is -0.144. The average molecular weight is 370 g/mol. The molecule has 1 amide bonds. The van der Waals surface area contributed by atoms with Crippen LogP contribution >= 0.6 is 11.3 Å². The topological polar surface area (TPSA) is 88.4 Å². The van der Waals surface area contributed by atoms with Crippen LogP contribution < -0.4 is 10.1 Å². The second kappa shape index (κ2) is 9.39. The molecule has 26 heavy (non-hydrogen) atoms. The first kappa shape index (κ1) is 19.2. The fourth-order valence-electron chi connectivity index (χ4n) is 2.10. The molecular formula is C19H18N2O4S. The van der Waals surface area contributed by atoms with Gasteiger partial charge >= 0.3 is 5.97 Å². The summed E-state index contributed by atoms with van der Waals surface area (Å²) in [6, 6.07) is 12.3. The third kappa shape index (κ3) is 5.46. The number of methoxy groups -OCH3 is 1. The number of rotatable bonds is 7. The molecule has 0 spiro atoms. The Morgan fingerprint density at radius 2 is 2.04 bits per heavy atom. The van der Waals surface area contributed by atoms with Crippen molar-refractivity contribution >= 4 is 29.3 Å². The Bertz CT molecular complexity index is 820. The van der Waals surface area contributed by atoms with Gasteiger partial charge in [0.2, 0.25) is 0 Å². The predicted octanol–water partition coefficient (Wildman–Crippen LogP) is 3.08. The van der Waals surface area contributed by atoms with Crippen LogP contribution in [0.25, 0.3) is 6.08 Å². The molecule has 2 rings (SSSR count). The highest BCUT2D eigenvalue weighted by molar-refractivity contribution is 7.10. The number of benzene rings is 1. The first-order valence-electron chi connectivity index (χ1n) is 7.79. The van der Waals surface area contributed by atoms with Crippen LogP contribution in [-0.2, 0) is 14.3 Å². The van der Waals surface area contributed by atoms with Gasteiger partial charge in [-0.15, -0.1) is 11.3 Å². The molecular weight excluding hydrogens is 352 g/mol. The van der Waals surface area contributed by atoms with E-state index in [4.69, 9.17) is 14.7 Å². The van der Waals surface area contributed by atoms with Gasteiger partial charge in [-0.25, -0.2) is 4.79 Å². The van der Waals surface area contributed by atoms with Crippen LogP contribution in [0.15, 0.2) is 47.4 Å². The summed E-state index contributed by atoms with van der Waals surface area (Å²) in [7, 11) is 1.55. The van der Waals surface area contributed by atoms with Crippen molar-refractivity contribution in [3.05, 3.63) is 57.8 Å². The number of nitriles is 1. The van der Waals surface area contributed by atoms with Gasteiger partial charge in [0.25, 0.3) is 5.91 Å². The Labute approximate surface area is 155 Å². The molecule has 1 heterocycles. The lowest BCUT2D eigenvalue weighted by atomic mass is 10.1. The molecule has 1 N–H and O–H groups in total. The monoisotopic (exact) mass is 370 g/mol. The molecule has 0 radical (unpaired) electrons. The van der Waals surface area contributed by atoms with E-state index < -0.39 is 18.5 Å².